The Bertz CT molecular complexity index is 1720. The molecule has 0 N–H and O–H groups in total. The monoisotopic (exact) mass is 514 g/mol. The molecule has 180 valence electrons. The van der Waals surface area contributed by atoms with E-state index in [1.807, 2.05) is 54.6 Å². The number of hydrogen-bond donors (Lipinski definition) is 0. The number of allylic oxidation sites excluding steroid dienone is 1. The number of rotatable bonds is 4. The Morgan fingerprint density at radius 2 is 1.83 bits per heavy atom. The number of hydrogen-bond acceptors (Lipinski definition) is 5. The molecule has 0 radical (unpaired) electrons. The third kappa shape index (κ3) is 3.69. The molecule has 0 saturated carbocycles. The van der Waals surface area contributed by atoms with E-state index >= 15 is 0 Å². The van der Waals surface area contributed by atoms with Crippen molar-refractivity contribution in [1.29, 1.82) is 0 Å². The number of methoxy groups -OCH3 is 2. The van der Waals surface area contributed by atoms with Crippen molar-refractivity contribution in [1.82, 2.24) is 4.57 Å². The van der Waals surface area contributed by atoms with Crippen LogP contribution in [0.5, 0.6) is 11.5 Å². The highest BCUT2D eigenvalue weighted by atomic mass is 35.5. The molecule has 1 aliphatic carbocycles. The molecule has 2 heterocycles. The molecule has 0 amide bonds. The fraction of sp³-hybridized carbons (Fsp3) is 0.172. The molecular formula is C29H23ClN2O3S. The summed E-state index contributed by atoms with van der Waals surface area (Å²) in [5.74, 6) is 1.33. The lowest BCUT2D eigenvalue weighted by Crippen LogP contribution is -2.38. The number of benzene rings is 3. The van der Waals surface area contributed by atoms with Gasteiger partial charge in [0.2, 0.25) is 0 Å². The van der Waals surface area contributed by atoms with E-state index in [0.29, 0.717) is 25.9 Å². The summed E-state index contributed by atoms with van der Waals surface area (Å²) in [6.07, 6.45) is 3.59. The van der Waals surface area contributed by atoms with E-state index in [1.54, 1.807) is 18.8 Å². The van der Waals surface area contributed by atoms with E-state index < -0.39 is 0 Å². The van der Waals surface area contributed by atoms with Gasteiger partial charge in [-0.1, -0.05) is 65.4 Å². The molecule has 6 rings (SSSR count). The first-order valence-electron chi connectivity index (χ1n) is 11.7. The van der Waals surface area contributed by atoms with E-state index in [4.69, 9.17) is 26.1 Å². The number of ether oxygens (including phenoxy) is 2. The second-order valence-electron chi connectivity index (χ2n) is 8.74. The van der Waals surface area contributed by atoms with Gasteiger partial charge >= 0.3 is 0 Å². The molecular weight excluding hydrogens is 492 g/mol. The summed E-state index contributed by atoms with van der Waals surface area (Å²) in [5.41, 5.74) is 6.11. The minimum atomic E-state index is -0.307. The summed E-state index contributed by atoms with van der Waals surface area (Å²) in [6, 6.07) is 21.4. The van der Waals surface area contributed by atoms with Crippen LogP contribution in [0, 0.1) is 0 Å². The Balaban J connectivity index is 1.62. The summed E-state index contributed by atoms with van der Waals surface area (Å²) in [6.45, 7) is 0. The molecule has 1 unspecified atom stereocenters. The van der Waals surface area contributed by atoms with Crippen molar-refractivity contribution >= 4 is 34.7 Å². The van der Waals surface area contributed by atoms with Crippen LogP contribution in [-0.4, -0.2) is 18.8 Å². The minimum Gasteiger partial charge on any atom is -0.497 e. The maximum Gasteiger partial charge on any atom is 0.271 e. The summed E-state index contributed by atoms with van der Waals surface area (Å²) >= 11 is 8.10. The summed E-state index contributed by atoms with van der Waals surface area (Å²) in [5, 5.41) is 0.640. The molecule has 36 heavy (non-hydrogen) atoms. The molecule has 3 aromatic carbocycles. The van der Waals surface area contributed by atoms with Crippen LogP contribution in [0.25, 0.3) is 11.8 Å². The highest BCUT2D eigenvalue weighted by Crippen LogP contribution is 2.42. The Hall–Kier alpha value is -3.61. The van der Waals surface area contributed by atoms with Gasteiger partial charge in [0, 0.05) is 22.2 Å². The molecule has 0 bridgehead atoms. The van der Waals surface area contributed by atoms with Crippen molar-refractivity contribution in [2.24, 2.45) is 4.99 Å². The number of thiazole rings is 1. The maximum atomic E-state index is 13.9. The number of aromatic nitrogens is 1. The fourth-order valence-electron chi connectivity index (χ4n) is 5.07. The van der Waals surface area contributed by atoms with Crippen LogP contribution < -0.4 is 24.4 Å². The third-order valence-electron chi connectivity index (χ3n) is 6.80. The molecule has 1 aromatic heterocycles. The van der Waals surface area contributed by atoms with Gasteiger partial charge in [-0.15, -0.1) is 0 Å². The van der Waals surface area contributed by atoms with Gasteiger partial charge in [0.15, 0.2) is 4.80 Å². The molecule has 0 spiro atoms. The third-order valence-corrected chi connectivity index (χ3v) is 8.13. The van der Waals surface area contributed by atoms with Crippen molar-refractivity contribution < 1.29 is 9.47 Å². The molecule has 0 saturated heterocycles. The molecule has 5 nitrogen and oxygen atoms in total. The van der Waals surface area contributed by atoms with Crippen LogP contribution >= 0.6 is 22.9 Å². The standard InChI is InChI=1S/C29H23ClN2O3S/c1-34-19-13-11-18(24(16-19)35-2)15-25-28(33)32-27(21-9-5-6-10-23(21)30)22-14-12-17-7-3-4-8-20(17)26(22)31-29(32)36-25/h3-11,13,15-16,27H,12,14H2,1-2H3. The molecule has 7 heteroatoms. The van der Waals surface area contributed by atoms with Gasteiger partial charge in [-0.2, -0.15) is 0 Å². The van der Waals surface area contributed by atoms with Crippen molar-refractivity contribution in [3.63, 3.8) is 0 Å². The lowest BCUT2D eigenvalue weighted by Gasteiger charge is -2.31. The number of nitrogens with zero attached hydrogens (tertiary/aromatic N) is 2. The lowest BCUT2D eigenvalue weighted by atomic mass is 9.83. The smallest absolute Gasteiger partial charge is 0.271 e. The highest BCUT2D eigenvalue weighted by Gasteiger charge is 2.33. The number of fused-ring (bicyclic) bond motifs is 3. The Morgan fingerprint density at radius 1 is 1.03 bits per heavy atom. The van der Waals surface area contributed by atoms with Gasteiger partial charge < -0.3 is 9.47 Å². The second kappa shape index (κ2) is 9.12. The normalized spacial score (nSPS) is 16.6. The Labute approximate surface area is 217 Å². The fourth-order valence-corrected chi connectivity index (χ4v) is 6.31. The lowest BCUT2D eigenvalue weighted by molar-refractivity contribution is 0.393. The van der Waals surface area contributed by atoms with Gasteiger partial charge in [0.25, 0.3) is 5.56 Å². The number of aryl methyl sites for hydroxylation is 1. The average Bonchev–Trinajstić information content (AvgIpc) is 3.22. The topological polar surface area (TPSA) is 52.8 Å². The predicted octanol–water partition coefficient (Wildman–Crippen LogP) is 4.99. The summed E-state index contributed by atoms with van der Waals surface area (Å²) in [7, 11) is 3.22. The van der Waals surface area contributed by atoms with Crippen LogP contribution in [-0.2, 0) is 6.42 Å². The van der Waals surface area contributed by atoms with Gasteiger partial charge in [0.1, 0.15) is 11.5 Å². The zero-order chi connectivity index (χ0) is 24.8. The largest absolute Gasteiger partial charge is 0.497 e. The van der Waals surface area contributed by atoms with E-state index in [1.165, 1.54) is 16.9 Å². The maximum absolute atomic E-state index is 13.9. The molecule has 1 aliphatic heterocycles. The summed E-state index contributed by atoms with van der Waals surface area (Å²) < 4.78 is 13.3. The quantitative estimate of drug-likeness (QED) is 0.385. The Morgan fingerprint density at radius 3 is 2.64 bits per heavy atom. The van der Waals surface area contributed by atoms with E-state index in [-0.39, 0.29) is 11.6 Å². The predicted molar refractivity (Wildman–Crippen MR) is 144 cm³/mol. The van der Waals surface area contributed by atoms with Crippen LogP contribution in [0.3, 0.4) is 0 Å². The van der Waals surface area contributed by atoms with E-state index in [9.17, 15) is 4.79 Å². The first-order chi connectivity index (χ1) is 17.6. The molecule has 4 aromatic rings. The number of halogens is 1. The summed E-state index contributed by atoms with van der Waals surface area (Å²) in [4.78, 5) is 19.6. The first kappa shape index (κ1) is 22.8. The second-order valence-corrected chi connectivity index (χ2v) is 10.2. The SMILES string of the molecule is COc1ccc(C=c2sc3n(c2=O)C(c2ccccc2Cl)C2=C(N=3)c3ccccc3CC2)c(OC)c1. The highest BCUT2D eigenvalue weighted by molar-refractivity contribution is 7.07. The molecule has 0 fully saturated rings. The molecule has 1 atom stereocenters. The van der Waals surface area contributed by atoms with Crippen molar-refractivity contribution in [3.8, 4) is 11.5 Å². The van der Waals surface area contributed by atoms with E-state index in [2.05, 4.69) is 18.2 Å². The van der Waals surface area contributed by atoms with Crippen molar-refractivity contribution in [2.45, 2.75) is 18.9 Å². The van der Waals surface area contributed by atoms with Crippen molar-refractivity contribution in [2.75, 3.05) is 14.2 Å². The van der Waals surface area contributed by atoms with E-state index in [0.717, 1.165) is 40.8 Å². The van der Waals surface area contributed by atoms with Crippen LogP contribution in [0.15, 0.2) is 82.1 Å². The van der Waals surface area contributed by atoms with Crippen LogP contribution in [0.2, 0.25) is 5.02 Å². The van der Waals surface area contributed by atoms with Gasteiger partial charge in [-0.25, -0.2) is 4.99 Å². The van der Waals surface area contributed by atoms with Crippen LogP contribution in [0.1, 0.15) is 34.7 Å². The first-order valence-corrected chi connectivity index (χ1v) is 12.9. The van der Waals surface area contributed by atoms with Gasteiger partial charge in [-0.3, -0.25) is 9.36 Å². The van der Waals surface area contributed by atoms with Crippen LogP contribution in [0.4, 0.5) is 0 Å². The average molecular weight is 515 g/mol. The van der Waals surface area contributed by atoms with Gasteiger partial charge in [0.05, 0.1) is 30.5 Å². The zero-order valence-electron chi connectivity index (χ0n) is 19.8. The Kier molecular flexibility index (Phi) is 5.78. The minimum absolute atomic E-state index is 0.0908. The molecule has 2 aliphatic rings. The zero-order valence-corrected chi connectivity index (χ0v) is 21.4. The van der Waals surface area contributed by atoms with Crippen molar-refractivity contribution in [3.05, 3.63) is 119 Å². The van der Waals surface area contributed by atoms with Gasteiger partial charge in [-0.05, 0) is 53.8 Å².